The lowest BCUT2D eigenvalue weighted by molar-refractivity contribution is 0.280. The van der Waals surface area contributed by atoms with Crippen LogP contribution in [0, 0.1) is 12.8 Å². The molecule has 0 aromatic heterocycles. The van der Waals surface area contributed by atoms with Gasteiger partial charge in [0, 0.05) is 0 Å². The van der Waals surface area contributed by atoms with Gasteiger partial charge in [0.2, 0.25) is 0 Å². The molecule has 0 bridgehead atoms. The number of benzene rings is 1. The van der Waals surface area contributed by atoms with Crippen LogP contribution in [0.25, 0.3) is 0 Å². The number of rotatable bonds is 9. The largest absolute Gasteiger partial charge is 0.296 e. The van der Waals surface area contributed by atoms with E-state index in [2.05, 4.69) is 13.8 Å². The van der Waals surface area contributed by atoms with Crippen LogP contribution in [0.4, 0.5) is 0 Å². The van der Waals surface area contributed by atoms with E-state index in [4.69, 9.17) is 4.18 Å². The highest BCUT2D eigenvalue weighted by molar-refractivity contribution is 7.86. The fraction of sp³-hybridized carbons (Fsp3) is 0.625. The summed E-state index contributed by atoms with van der Waals surface area (Å²) in [5.74, 6) is 0.509. The number of unbranched alkanes of at least 4 members (excludes halogenated alkanes) is 2. The van der Waals surface area contributed by atoms with Gasteiger partial charge in [0.1, 0.15) is 0 Å². The second kappa shape index (κ2) is 8.42. The monoisotopic (exact) mass is 298 g/mol. The maximum Gasteiger partial charge on any atom is 0.296 e. The van der Waals surface area contributed by atoms with Gasteiger partial charge in [-0.25, -0.2) is 0 Å². The van der Waals surface area contributed by atoms with Crippen molar-refractivity contribution in [3.63, 3.8) is 0 Å². The smallest absolute Gasteiger partial charge is 0.266 e. The van der Waals surface area contributed by atoms with Crippen molar-refractivity contribution in [1.82, 2.24) is 0 Å². The van der Waals surface area contributed by atoms with Gasteiger partial charge >= 0.3 is 0 Å². The molecule has 0 N–H and O–H groups in total. The van der Waals surface area contributed by atoms with Gasteiger partial charge in [-0.1, -0.05) is 57.2 Å². The van der Waals surface area contributed by atoms with Crippen LogP contribution in [0.15, 0.2) is 29.2 Å². The Bertz CT molecular complexity index is 477. The van der Waals surface area contributed by atoms with Crippen molar-refractivity contribution in [2.75, 3.05) is 6.61 Å². The Morgan fingerprint density at radius 3 is 2.35 bits per heavy atom. The molecule has 4 heteroatoms. The highest BCUT2D eigenvalue weighted by Crippen LogP contribution is 2.16. The Labute approximate surface area is 123 Å². The molecule has 0 unspecified atom stereocenters. The average Bonchev–Trinajstić information content (AvgIpc) is 2.39. The molecule has 1 aromatic rings. The third kappa shape index (κ3) is 6.06. The Hall–Kier alpha value is -0.870. The first-order valence-corrected chi connectivity index (χ1v) is 8.82. The number of hydrogen-bond acceptors (Lipinski definition) is 3. The van der Waals surface area contributed by atoms with Crippen LogP contribution in [0.2, 0.25) is 0 Å². The zero-order valence-electron chi connectivity index (χ0n) is 12.8. The molecule has 0 aliphatic rings. The minimum absolute atomic E-state index is 0.238. The second-order valence-corrected chi connectivity index (χ2v) is 7.09. The summed E-state index contributed by atoms with van der Waals surface area (Å²) >= 11 is 0. The third-order valence-corrected chi connectivity index (χ3v) is 4.79. The highest BCUT2D eigenvalue weighted by atomic mass is 32.2. The summed E-state index contributed by atoms with van der Waals surface area (Å²) < 4.78 is 29.0. The quantitative estimate of drug-likeness (QED) is 0.504. The van der Waals surface area contributed by atoms with Crippen molar-refractivity contribution in [3.8, 4) is 0 Å². The van der Waals surface area contributed by atoms with Crippen molar-refractivity contribution in [2.45, 2.75) is 57.8 Å². The molecule has 114 valence electrons. The van der Waals surface area contributed by atoms with E-state index in [-0.39, 0.29) is 11.5 Å². The minimum Gasteiger partial charge on any atom is -0.266 e. The molecule has 0 radical (unpaired) electrons. The van der Waals surface area contributed by atoms with E-state index in [9.17, 15) is 8.42 Å². The summed E-state index contributed by atoms with van der Waals surface area (Å²) in [6, 6.07) is 6.75. The molecule has 0 aliphatic carbocycles. The van der Waals surface area contributed by atoms with E-state index in [1.807, 2.05) is 6.92 Å². The van der Waals surface area contributed by atoms with E-state index in [0.29, 0.717) is 5.92 Å². The molecular formula is C16H26O3S. The Balaban J connectivity index is 2.38. The van der Waals surface area contributed by atoms with Crippen molar-refractivity contribution >= 4 is 10.1 Å². The first-order valence-electron chi connectivity index (χ1n) is 7.42. The van der Waals surface area contributed by atoms with Gasteiger partial charge in [-0.2, -0.15) is 8.42 Å². The molecule has 3 nitrogen and oxygen atoms in total. The molecule has 0 aliphatic heterocycles. The van der Waals surface area contributed by atoms with Gasteiger partial charge in [-0.3, -0.25) is 4.18 Å². The van der Waals surface area contributed by atoms with Gasteiger partial charge in [0.15, 0.2) is 0 Å². The highest BCUT2D eigenvalue weighted by Gasteiger charge is 2.15. The van der Waals surface area contributed by atoms with Crippen LogP contribution in [0.1, 0.15) is 51.5 Å². The Morgan fingerprint density at radius 1 is 1.10 bits per heavy atom. The van der Waals surface area contributed by atoms with E-state index in [0.717, 1.165) is 18.4 Å². The molecule has 0 fully saturated rings. The second-order valence-electron chi connectivity index (χ2n) is 5.48. The van der Waals surface area contributed by atoms with Crippen molar-refractivity contribution < 1.29 is 12.6 Å². The molecule has 0 saturated carbocycles. The van der Waals surface area contributed by atoms with Crippen molar-refractivity contribution in [2.24, 2.45) is 5.92 Å². The van der Waals surface area contributed by atoms with E-state index < -0.39 is 10.1 Å². The Morgan fingerprint density at radius 2 is 1.75 bits per heavy atom. The zero-order chi connectivity index (χ0) is 15.0. The van der Waals surface area contributed by atoms with Gasteiger partial charge in [-0.05, 0) is 31.4 Å². The Kier molecular flexibility index (Phi) is 7.24. The first kappa shape index (κ1) is 17.2. The molecule has 1 atom stereocenters. The van der Waals surface area contributed by atoms with E-state index in [1.165, 1.54) is 19.3 Å². The molecule has 0 spiro atoms. The topological polar surface area (TPSA) is 43.4 Å². The van der Waals surface area contributed by atoms with Crippen LogP contribution in [0.3, 0.4) is 0 Å². The van der Waals surface area contributed by atoms with Crippen LogP contribution >= 0.6 is 0 Å². The summed E-state index contributed by atoms with van der Waals surface area (Å²) in [5, 5.41) is 0. The molecule has 1 rings (SSSR count). The fourth-order valence-corrected chi connectivity index (χ4v) is 2.94. The van der Waals surface area contributed by atoms with Crippen LogP contribution in [-0.2, 0) is 14.3 Å². The lowest BCUT2D eigenvalue weighted by Gasteiger charge is -2.11. The van der Waals surface area contributed by atoms with E-state index in [1.54, 1.807) is 24.3 Å². The molecule has 0 saturated heterocycles. The maximum atomic E-state index is 12.0. The van der Waals surface area contributed by atoms with Gasteiger partial charge in [0.05, 0.1) is 11.5 Å². The summed E-state index contributed by atoms with van der Waals surface area (Å²) in [6.07, 6.45) is 5.59. The predicted molar refractivity (Wildman–Crippen MR) is 82.2 cm³/mol. The van der Waals surface area contributed by atoms with Gasteiger partial charge in [-0.15, -0.1) is 0 Å². The van der Waals surface area contributed by atoms with Crippen LogP contribution < -0.4 is 0 Å². The average molecular weight is 298 g/mol. The van der Waals surface area contributed by atoms with Crippen LogP contribution in [0.5, 0.6) is 0 Å². The van der Waals surface area contributed by atoms with Crippen molar-refractivity contribution in [3.05, 3.63) is 29.8 Å². The summed E-state index contributed by atoms with van der Waals surface area (Å²) in [4.78, 5) is 0.238. The van der Waals surface area contributed by atoms with E-state index >= 15 is 0 Å². The molecule has 0 heterocycles. The summed E-state index contributed by atoms with van der Waals surface area (Å²) in [7, 11) is -3.60. The standard InChI is InChI=1S/C16H26O3S/c1-4-5-6-7-14(2)12-13-19-20(17,18)16-10-8-15(3)9-11-16/h8-11,14H,4-7,12-13H2,1-3H3/t14-/m1/s1. The third-order valence-electron chi connectivity index (χ3n) is 3.46. The first-order chi connectivity index (χ1) is 9.45. The number of hydrogen-bond donors (Lipinski definition) is 0. The van der Waals surface area contributed by atoms with Gasteiger partial charge < -0.3 is 0 Å². The normalized spacial score (nSPS) is 13.3. The summed E-state index contributed by atoms with van der Waals surface area (Å²) in [5.41, 5.74) is 1.04. The zero-order valence-corrected chi connectivity index (χ0v) is 13.6. The van der Waals surface area contributed by atoms with Gasteiger partial charge in [0.25, 0.3) is 10.1 Å². The fourth-order valence-electron chi connectivity index (χ4n) is 2.02. The molecule has 0 amide bonds. The molecule has 1 aromatic carbocycles. The predicted octanol–water partition coefficient (Wildman–Crippen LogP) is 4.31. The lowest BCUT2D eigenvalue weighted by Crippen LogP contribution is -2.10. The summed E-state index contributed by atoms with van der Waals surface area (Å²) in [6.45, 7) is 6.53. The molecule has 20 heavy (non-hydrogen) atoms. The van der Waals surface area contributed by atoms with Crippen molar-refractivity contribution in [1.29, 1.82) is 0 Å². The maximum absolute atomic E-state index is 12.0. The SMILES string of the molecule is CCCCC[C@@H](C)CCOS(=O)(=O)c1ccc(C)cc1. The minimum atomic E-state index is -3.60. The lowest BCUT2D eigenvalue weighted by atomic mass is 10.0. The number of aryl methyl sites for hydroxylation is 1. The van der Waals surface area contributed by atoms with Crippen LogP contribution in [-0.4, -0.2) is 15.0 Å². The molecular weight excluding hydrogens is 272 g/mol.